The number of aromatic amines is 1. The number of anilines is 1. The van der Waals surface area contributed by atoms with Gasteiger partial charge in [-0.25, -0.2) is 4.98 Å². The summed E-state index contributed by atoms with van der Waals surface area (Å²) in [5, 5.41) is 3.63. The summed E-state index contributed by atoms with van der Waals surface area (Å²) in [6, 6.07) is 16.6. The Labute approximate surface area is 171 Å². The third-order valence-corrected chi connectivity index (χ3v) is 4.79. The SMILES string of the molecule is O=C(Nc1ccc(Cl)c(-c2ncc(-c3ccccc3)[nH]2)c1)c1ccncc1Cl. The van der Waals surface area contributed by atoms with Crippen LogP contribution < -0.4 is 5.32 Å². The van der Waals surface area contributed by atoms with Crippen LogP contribution in [-0.2, 0) is 0 Å². The Bertz CT molecular complexity index is 1140. The van der Waals surface area contributed by atoms with Gasteiger partial charge in [0.2, 0.25) is 0 Å². The molecule has 0 saturated heterocycles. The second-order valence-corrected chi connectivity index (χ2v) is 6.83. The van der Waals surface area contributed by atoms with Crippen molar-refractivity contribution < 1.29 is 4.79 Å². The number of amides is 1. The normalized spacial score (nSPS) is 10.6. The highest BCUT2D eigenvalue weighted by Crippen LogP contribution is 2.30. The maximum Gasteiger partial charge on any atom is 0.257 e. The van der Waals surface area contributed by atoms with Crippen LogP contribution in [0.2, 0.25) is 10.0 Å². The van der Waals surface area contributed by atoms with Gasteiger partial charge in [0, 0.05) is 23.6 Å². The zero-order chi connectivity index (χ0) is 19.5. The van der Waals surface area contributed by atoms with Crippen molar-refractivity contribution in [3.8, 4) is 22.6 Å². The summed E-state index contributed by atoms with van der Waals surface area (Å²) in [7, 11) is 0. The Morgan fingerprint density at radius 2 is 1.79 bits per heavy atom. The molecule has 0 saturated carbocycles. The maximum atomic E-state index is 12.5. The molecule has 0 unspecified atom stereocenters. The average molecular weight is 409 g/mol. The minimum Gasteiger partial charge on any atom is -0.338 e. The Balaban J connectivity index is 1.62. The average Bonchev–Trinajstić information content (AvgIpc) is 3.20. The van der Waals surface area contributed by atoms with Crippen molar-refractivity contribution in [2.45, 2.75) is 0 Å². The molecule has 7 heteroatoms. The molecule has 28 heavy (non-hydrogen) atoms. The van der Waals surface area contributed by atoms with Crippen molar-refractivity contribution in [1.29, 1.82) is 0 Å². The van der Waals surface area contributed by atoms with Gasteiger partial charge in [-0.15, -0.1) is 0 Å². The fourth-order valence-electron chi connectivity index (χ4n) is 2.76. The van der Waals surface area contributed by atoms with Crippen LogP contribution in [0.5, 0.6) is 0 Å². The van der Waals surface area contributed by atoms with Gasteiger partial charge < -0.3 is 10.3 Å². The largest absolute Gasteiger partial charge is 0.338 e. The van der Waals surface area contributed by atoms with E-state index in [4.69, 9.17) is 23.2 Å². The molecule has 1 amide bonds. The quantitative estimate of drug-likeness (QED) is 0.454. The van der Waals surface area contributed by atoms with Crippen molar-refractivity contribution in [3.05, 3.63) is 88.8 Å². The molecule has 2 aromatic carbocycles. The topological polar surface area (TPSA) is 70.7 Å². The summed E-state index contributed by atoms with van der Waals surface area (Å²) in [5.74, 6) is 0.284. The van der Waals surface area contributed by atoms with Crippen LogP contribution in [-0.4, -0.2) is 20.9 Å². The molecule has 2 aromatic heterocycles. The van der Waals surface area contributed by atoms with Gasteiger partial charge >= 0.3 is 0 Å². The number of imidazole rings is 1. The molecule has 2 N–H and O–H groups in total. The molecule has 0 bridgehead atoms. The summed E-state index contributed by atoms with van der Waals surface area (Å²) in [6.45, 7) is 0. The zero-order valence-electron chi connectivity index (χ0n) is 14.5. The molecule has 0 fully saturated rings. The molecule has 0 aliphatic rings. The van der Waals surface area contributed by atoms with E-state index in [2.05, 4.69) is 20.3 Å². The highest BCUT2D eigenvalue weighted by molar-refractivity contribution is 6.34. The third kappa shape index (κ3) is 3.76. The van der Waals surface area contributed by atoms with Gasteiger partial charge in [-0.1, -0.05) is 53.5 Å². The molecular formula is C21H14Cl2N4O. The lowest BCUT2D eigenvalue weighted by Crippen LogP contribution is -2.12. The Hall–Kier alpha value is -3.15. The number of rotatable bonds is 4. The minimum absolute atomic E-state index is 0.285. The second kappa shape index (κ2) is 7.84. The van der Waals surface area contributed by atoms with Crippen molar-refractivity contribution >= 4 is 34.8 Å². The number of carbonyl (C=O) groups is 1. The summed E-state index contributed by atoms with van der Waals surface area (Å²) in [4.78, 5) is 24.1. The molecule has 0 radical (unpaired) electrons. The number of aromatic nitrogens is 3. The van der Waals surface area contributed by atoms with Crippen LogP contribution in [0, 0.1) is 0 Å². The fraction of sp³-hybridized carbons (Fsp3) is 0. The lowest BCUT2D eigenvalue weighted by atomic mass is 10.1. The zero-order valence-corrected chi connectivity index (χ0v) is 16.0. The standard InChI is InChI=1S/C21H14Cl2N4O/c22-17-7-6-14(26-21(28)15-8-9-24-11-18(15)23)10-16(17)20-25-12-19(27-20)13-4-2-1-3-5-13/h1-12H,(H,25,27)(H,26,28). The molecule has 138 valence electrons. The minimum atomic E-state index is -0.329. The van der Waals surface area contributed by atoms with Crippen molar-refractivity contribution in [2.24, 2.45) is 0 Å². The van der Waals surface area contributed by atoms with E-state index in [-0.39, 0.29) is 10.9 Å². The van der Waals surface area contributed by atoms with E-state index in [0.29, 0.717) is 27.7 Å². The monoisotopic (exact) mass is 408 g/mol. The molecule has 4 aromatic rings. The summed E-state index contributed by atoms with van der Waals surface area (Å²) < 4.78 is 0. The van der Waals surface area contributed by atoms with E-state index >= 15 is 0 Å². The van der Waals surface area contributed by atoms with Crippen molar-refractivity contribution in [3.63, 3.8) is 0 Å². The maximum absolute atomic E-state index is 12.5. The number of halogens is 2. The van der Waals surface area contributed by atoms with E-state index in [1.807, 2.05) is 30.3 Å². The third-order valence-electron chi connectivity index (χ3n) is 4.16. The highest BCUT2D eigenvalue weighted by atomic mass is 35.5. The fourth-order valence-corrected chi connectivity index (χ4v) is 3.18. The Morgan fingerprint density at radius 1 is 0.964 bits per heavy atom. The number of hydrogen-bond donors (Lipinski definition) is 2. The van der Waals surface area contributed by atoms with Crippen molar-refractivity contribution in [2.75, 3.05) is 5.32 Å². The van der Waals surface area contributed by atoms with Crippen LogP contribution in [0.25, 0.3) is 22.6 Å². The molecule has 0 aliphatic carbocycles. The molecule has 5 nitrogen and oxygen atoms in total. The summed E-state index contributed by atoms with van der Waals surface area (Å²) in [5.41, 5.74) is 3.51. The molecule has 0 spiro atoms. The molecule has 2 heterocycles. The Morgan fingerprint density at radius 3 is 2.57 bits per heavy atom. The van der Waals surface area contributed by atoms with E-state index < -0.39 is 0 Å². The number of nitrogens with zero attached hydrogens (tertiary/aromatic N) is 2. The van der Waals surface area contributed by atoms with Gasteiger partial charge in [0.15, 0.2) is 0 Å². The molecule has 4 rings (SSSR count). The van der Waals surface area contributed by atoms with Crippen LogP contribution in [0.15, 0.2) is 73.2 Å². The lowest BCUT2D eigenvalue weighted by molar-refractivity contribution is 0.102. The van der Waals surface area contributed by atoms with Gasteiger partial charge in [-0.2, -0.15) is 0 Å². The summed E-state index contributed by atoms with van der Waals surface area (Å²) >= 11 is 12.4. The number of hydrogen-bond acceptors (Lipinski definition) is 3. The number of pyridine rings is 1. The van der Waals surface area contributed by atoms with E-state index in [1.165, 1.54) is 12.4 Å². The number of carbonyl (C=O) groups excluding carboxylic acids is 1. The number of nitrogens with one attached hydrogen (secondary N) is 2. The van der Waals surface area contributed by atoms with E-state index in [9.17, 15) is 4.79 Å². The van der Waals surface area contributed by atoms with Gasteiger partial charge in [-0.3, -0.25) is 9.78 Å². The molecular weight excluding hydrogens is 395 g/mol. The smallest absolute Gasteiger partial charge is 0.257 e. The highest BCUT2D eigenvalue weighted by Gasteiger charge is 2.13. The predicted octanol–water partition coefficient (Wildman–Crippen LogP) is 5.70. The van der Waals surface area contributed by atoms with Crippen LogP contribution in [0.4, 0.5) is 5.69 Å². The van der Waals surface area contributed by atoms with E-state index in [0.717, 1.165) is 11.3 Å². The molecule has 0 aliphatic heterocycles. The predicted molar refractivity (Wildman–Crippen MR) is 112 cm³/mol. The number of H-pyrrole nitrogens is 1. The summed E-state index contributed by atoms with van der Waals surface area (Å²) in [6.07, 6.45) is 4.70. The van der Waals surface area contributed by atoms with Crippen molar-refractivity contribution in [1.82, 2.24) is 15.0 Å². The van der Waals surface area contributed by atoms with Crippen LogP contribution in [0.3, 0.4) is 0 Å². The Kier molecular flexibility index (Phi) is 5.10. The van der Waals surface area contributed by atoms with Gasteiger partial charge in [0.1, 0.15) is 5.82 Å². The first-order valence-electron chi connectivity index (χ1n) is 8.43. The second-order valence-electron chi connectivity index (χ2n) is 6.02. The lowest BCUT2D eigenvalue weighted by Gasteiger charge is -2.09. The molecule has 0 atom stereocenters. The van der Waals surface area contributed by atoms with Crippen LogP contribution >= 0.6 is 23.2 Å². The first-order chi connectivity index (χ1) is 13.6. The van der Waals surface area contributed by atoms with Gasteiger partial charge in [0.05, 0.1) is 27.5 Å². The van der Waals surface area contributed by atoms with E-state index in [1.54, 1.807) is 30.5 Å². The number of benzene rings is 2. The van der Waals surface area contributed by atoms with Crippen LogP contribution in [0.1, 0.15) is 10.4 Å². The first-order valence-corrected chi connectivity index (χ1v) is 9.18. The van der Waals surface area contributed by atoms with Gasteiger partial charge in [-0.05, 0) is 29.8 Å². The first kappa shape index (κ1) is 18.2. The van der Waals surface area contributed by atoms with Gasteiger partial charge in [0.25, 0.3) is 5.91 Å².